The second-order valence-electron chi connectivity index (χ2n) is 3.99. The summed E-state index contributed by atoms with van der Waals surface area (Å²) in [5, 5.41) is 5.77. The fraction of sp³-hybridized carbons (Fsp3) is 0.143. The molecule has 0 aliphatic heterocycles. The minimum Gasteiger partial charge on any atom is -0.373 e. The zero-order valence-corrected chi connectivity index (χ0v) is 12.1. The van der Waals surface area contributed by atoms with Crippen LogP contribution in [0.15, 0.2) is 47.1 Å². The summed E-state index contributed by atoms with van der Waals surface area (Å²) in [6.45, 7) is 0.492. The number of nitrogens with zero attached hydrogens (tertiary/aromatic N) is 1. The summed E-state index contributed by atoms with van der Waals surface area (Å²) in [7, 11) is 1.79. The van der Waals surface area contributed by atoms with Gasteiger partial charge in [0.1, 0.15) is 5.82 Å². The molecule has 0 saturated carbocycles. The number of carbonyl (C=O) groups excluding carboxylic acids is 1. The van der Waals surface area contributed by atoms with Crippen LogP contribution in [0.2, 0.25) is 0 Å². The van der Waals surface area contributed by atoms with Gasteiger partial charge in [-0.25, -0.2) is 4.98 Å². The van der Waals surface area contributed by atoms with Crippen molar-refractivity contribution in [3.63, 3.8) is 0 Å². The molecule has 0 unspecified atom stereocenters. The van der Waals surface area contributed by atoms with E-state index in [1.54, 1.807) is 25.4 Å². The molecule has 0 aliphatic carbocycles. The van der Waals surface area contributed by atoms with E-state index < -0.39 is 0 Å². The van der Waals surface area contributed by atoms with Crippen molar-refractivity contribution in [1.82, 2.24) is 10.3 Å². The largest absolute Gasteiger partial charge is 0.373 e. The minimum absolute atomic E-state index is 0.130. The van der Waals surface area contributed by atoms with Gasteiger partial charge in [-0.3, -0.25) is 4.79 Å². The summed E-state index contributed by atoms with van der Waals surface area (Å²) in [6, 6.07) is 11.3. The monoisotopic (exact) mass is 319 g/mol. The lowest BCUT2D eigenvalue weighted by Gasteiger charge is -2.06. The zero-order valence-electron chi connectivity index (χ0n) is 10.5. The van der Waals surface area contributed by atoms with E-state index >= 15 is 0 Å². The third-order valence-electron chi connectivity index (χ3n) is 2.62. The van der Waals surface area contributed by atoms with Crippen molar-refractivity contribution < 1.29 is 4.79 Å². The third-order valence-corrected chi connectivity index (χ3v) is 3.12. The molecule has 0 fully saturated rings. The van der Waals surface area contributed by atoms with Gasteiger partial charge in [0.15, 0.2) is 0 Å². The number of nitrogens with one attached hydrogen (secondary N) is 2. The molecule has 0 radical (unpaired) electrons. The van der Waals surface area contributed by atoms with Crippen molar-refractivity contribution in [3.05, 3.63) is 58.2 Å². The van der Waals surface area contributed by atoms with Crippen molar-refractivity contribution in [2.75, 3.05) is 12.4 Å². The van der Waals surface area contributed by atoms with Crippen LogP contribution in [0.4, 0.5) is 5.82 Å². The van der Waals surface area contributed by atoms with Gasteiger partial charge in [-0.05, 0) is 29.8 Å². The number of carbonyl (C=O) groups is 1. The van der Waals surface area contributed by atoms with Crippen molar-refractivity contribution in [2.24, 2.45) is 0 Å². The van der Waals surface area contributed by atoms with E-state index in [-0.39, 0.29) is 5.91 Å². The van der Waals surface area contributed by atoms with E-state index in [2.05, 4.69) is 31.5 Å². The molecule has 98 valence electrons. The molecule has 0 atom stereocenters. The highest BCUT2D eigenvalue weighted by atomic mass is 79.9. The smallest absolute Gasteiger partial charge is 0.253 e. The first-order valence-electron chi connectivity index (χ1n) is 5.85. The Bertz CT molecular complexity index is 569. The number of hydrogen-bond donors (Lipinski definition) is 2. The summed E-state index contributed by atoms with van der Waals surface area (Å²) < 4.78 is 0.999. The van der Waals surface area contributed by atoms with Gasteiger partial charge in [-0.2, -0.15) is 0 Å². The molecular weight excluding hydrogens is 306 g/mol. The first-order valence-corrected chi connectivity index (χ1v) is 6.65. The average molecular weight is 320 g/mol. The molecule has 0 spiro atoms. The Morgan fingerprint density at radius 3 is 2.79 bits per heavy atom. The quantitative estimate of drug-likeness (QED) is 0.911. The fourth-order valence-electron chi connectivity index (χ4n) is 1.61. The minimum atomic E-state index is -0.130. The maximum absolute atomic E-state index is 11.9. The normalized spacial score (nSPS) is 10.0. The van der Waals surface area contributed by atoms with Crippen LogP contribution in [-0.2, 0) is 6.54 Å². The lowest BCUT2D eigenvalue weighted by Crippen LogP contribution is -2.22. The standard InChI is InChI=1S/C14H14BrN3O/c1-16-13-6-5-11(9-17-13)14(19)18-8-10-3-2-4-12(15)7-10/h2-7,9H,8H2,1H3,(H,16,17)(H,18,19). The molecular formula is C14H14BrN3O. The van der Waals surface area contributed by atoms with Crippen LogP contribution in [0, 0.1) is 0 Å². The molecule has 0 bridgehead atoms. The first-order chi connectivity index (χ1) is 9.19. The highest BCUT2D eigenvalue weighted by Gasteiger charge is 2.05. The second kappa shape index (κ2) is 6.33. The van der Waals surface area contributed by atoms with Crippen molar-refractivity contribution in [3.8, 4) is 0 Å². The summed E-state index contributed by atoms with van der Waals surface area (Å²) in [4.78, 5) is 16.0. The number of aromatic nitrogens is 1. The topological polar surface area (TPSA) is 54.0 Å². The van der Waals surface area contributed by atoms with Gasteiger partial charge in [0.05, 0.1) is 5.56 Å². The van der Waals surface area contributed by atoms with Crippen LogP contribution >= 0.6 is 15.9 Å². The molecule has 1 heterocycles. The molecule has 1 aromatic carbocycles. The Morgan fingerprint density at radius 1 is 1.32 bits per heavy atom. The van der Waals surface area contributed by atoms with Gasteiger partial charge >= 0.3 is 0 Å². The third kappa shape index (κ3) is 3.79. The molecule has 2 N–H and O–H groups in total. The molecule has 19 heavy (non-hydrogen) atoms. The predicted molar refractivity (Wildman–Crippen MR) is 79.1 cm³/mol. The number of anilines is 1. The van der Waals surface area contributed by atoms with E-state index in [9.17, 15) is 4.79 Å². The van der Waals surface area contributed by atoms with Crippen LogP contribution < -0.4 is 10.6 Å². The molecule has 1 aromatic heterocycles. The Balaban J connectivity index is 1.97. The lowest BCUT2D eigenvalue weighted by molar-refractivity contribution is 0.0950. The molecule has 4 nitrogen and oxygen atoms in total. The predicted octanol–water partition coefficient (Wildman–Crippen LogP) is 2.82. The molecule has 0 aliphatic rings. The number of rotatable bonds is 4. The van der Waals surface area contributed by atoms with Crippen LogP contribution in [0.25, 0.3) is 0 Å². The number of hydrogen-bond acceptors (Lipinski definition) is 3. The maximum atomic E-state index is 11.9. The molecule has 5 heteroatoms. The van der Waals surface area contributed by atoms with Crippen molar-refractivity contribution in [2.45, 2.75) is 6.54 Å². The molecule has 0 saturated heterocycles. The second-order valence-corrected chi connectivity index (χ2v) is 4.91. The molecule has 2 rings (SSSR count). The summed E-state index contributed by atoms with van der Waals surface area (Å²) in [6.07, 6.45) is 1.56. The van der Waals surface area contributed by atoms with Gasteiger partial charge in [-0.15, -0.1) is 0 Å². The van der Waals surface area contributed by atoms with Gasteiger partial charge in [0.25, 0.3) is 5.91 Å². The number of pyridine rings is 1. The van der Waals surface area contributed by atoms with E-state index in [1.807, 2.05) is 24.3 Å². The molecule has 1 amide bonds. The Kier molecular flexibility index (Phi) is 4.52. The summed E-state index contributed by atoms with van der Waals surface area (Å²) in [5.41, 5.74) is 1.59. The van der Waals surface area contributed by atoms with E-state index in [0.29, 0.717) is 12.1 Å². The Labute approximate surface area is 120 Å². The van der Waals surface area contributed by atoms with Crippen LogP contribution in [-0.4, -0.2) is 17.9 Å². The van der Waals surface area contributed by atoms with E-state index in [4.69, 9.17) is 0 Å². The van der Waals surface area contributed by atoms with Crippen LogP contribution in [0.5, 0.6) is 0 Å². The molecule has 2 aromatic rings. The van der Waals surface area contributed by atoms with Crippen LogP contribution in [0.1, 0.15) is 15.9 Å². The lowest BCUT2D eigenvalue weighted by atomic mass is 10.2. The Morgan fingerprint density at radius 2 is 2.16 bits per heavy atom. The zero-order chi connectivity index (χ0) is 13.7. The number of benzene rings is 1. The maximum Gasteiger partial charge on any atom is 0.253 e. The SMILES string of the molecule is CNc1ccc(C(=O)NCc2cccc(Br)c2)cn1. The number of halogens is 1. The first kappa shape index (κ1) is 13.5. The summed E-state index contributed by atoms with van der Waals surface area (Å²) >= 11 is 3.40. The van der Waals surface area contributed by atoms with E-state index in [0.717, 1.165) is 15.9 Å². The fourth-order valence-corrected chi connectivity index (χ4v) is 2.05. The average Bonchev–Trinajstić information content (AvgIpc) is 2.45. The highest BCUT2D eigenvalue weighted by Crippen LogP contribution is 2.11. The Hall–Kier alpha value is -1.88. The summed E-state index contributed by atoms with van der Waals surface area (Å²) in [5.74, 6) is 0.610. The van der Waals surface area contributed by atoms with Gasteiger partial charge in [0, 0.05) is 24.3 Å². The van der Waals surface area contributed by atoms with Gasteiger partial charge in [0.2, 0.25) is 0 Å². The number of amides is 1. The van der Waals surface area contributed by atoms with Gasteiger partial charge < -0.3 is 10.6 Å². The van der Waals surface area contributed by atoms with Crippen molar-refractivity contribution in [1.29, 1.82) is 0 Å². The van der Waals surface area contributed by atoms with Crippen molar-refractivity contribution >= 4 is 27.7 Å². The highest BCUT2D eigenvalue weighted by molar-refractivity contribution is 9.10. The van der Waals surface area contributed by atoms with Crippen LogP contribution in [0.3, 0.4) is 0 Å². The van der Waals surface area contributed by atoms with Gasteiger partial charge in [-0.1, -0.05) is 28.1 Å². The van der Waals surface area contributed by atoms with E-state index in [1.165, 1.54) is 0 Å².